The van der Waals surface area contributed by atoms with E-state index in [1.165, 1.54) is 5.69 Å². The van der Waals surface area contributed by atoms with Crippen LogP contribution in [0.2, 0.25) is 0 Å². The highest BCUT2D eigenvalue weighted by molar-refractivity contribution is 14.1. The van der Waals surface area contributed by atoms with Crippen LogP contribution in [0.25, 0.3) is 0 Å². The number of nitrogens with zero attached hydrogens (tertiary/aromatic N) is 1. The van der Waals surface area contributed by atoms with Crippen molar-refractivity contribution >= 4 is 33.9 Å². The van der Waals surface area contributed by atoms with Crippen LogP contribution >= 0.6 is 33.9 Å². The largest absolute Gasteiger partial charge is 0.246 e. The lowest BCUT2D eigenvalue weighted by atomic mass is 10.6. The Morgan fingerprint density at radius 3 is 2.88 bits per heavy atom. The normalized spacial score (nSPS) is 9.75. The standard InChI is InChI=1S/C5H6INS/c1-4-7-5(2-6)3-8-4/h3H,2H2,1H3. The highest BCUT2D eigenvalue weighted by Crippen LogP contribution is 2.10. The van der Waals surface area contributed by atoms with Gasteiger partial charge in [-0.3, -0.25) is 0 Å². The predicted octanol–water partition coefficient (Wildman–Crippen LogP) is 2.39. The minimum absolute atomic E-state index is 1.03. The first-order chi connectivity index (χ1) is 3.83. The molecule has 0 saturated carbocycles. The molecule has 1 aromatic heterocycles. The van der Waals surface area contributed by atoms with Gasteiger partial charge in [-0.2, -0.15) is 0 Å². The number of thiazole rings is 1. The number of halogens is 1. The minimum atomic E-state index is 1.03. The Kier molecular flexibility index (Phi) is 2.25. The molecule has 8 heavy (non-hydrogen) atoms. The van der Waals surface area contributed by atoms with Crippen molar-refractivity contribution in [2.24, 2.45) is 0 Å². The van der Waals surface area contributed by atoms with Crippen LogP contribution in [-0.2, 0) is 4.43 Å². The van der Waals surface area contributed by atoms with Crippen molar-refractivity contribution in [2.75, 3.05) is 0 Å². The molecule has 3 heteroatoms. The summed E-state index contributed by atoms with van der Waals surface area (Å²) in [6, 6.07) is 0. The maximum atomic E-state index is 4.24. The molecule has 1 nitrogen and oxygen atoms in total. The Bertz CT molecular complexity index is 173. The van der Waals surface area contributed by atoms with Crippen molar-refractivity contribution < 1.29 is 0 Å². The molecule has 0 fully saturated rings. The van der Waals surface area contributed by atoms with E-state index < -0.39 is 0 Å². The second-order valence-electron chi connectivity index (χ2n) is 1.49. The highest BCUT2D eigenvalue weighted by Gasteiger charge is 1.92. The Morgan fingerprint density at radius 2 is 2.62 bits per heavy atom. The van der Waals surface area contributed by atoms with Crippen LogP contribution in [-0.4, -0.2) is 4.98 Å². The van der Waals surface area contributed by atoms with E-state index in [-0.39, 0.29) is 0 Å². The van der Waals surface area contributed by atoms with Gasteiger partial charge in [-0.15, -0.1) is 11.3 Å². The van der Waals surface area contributed by atoms with E-state index >= 15 is 0 Å². The molecule has 0 N–H and O–H groups in total. The molecule has 0 aliphatic rings. The van der Waals surface area contributed by atoms with E-state index in [1.54, 1.807) is 11.3 Å². The third-order valence-corrected chi connectivity index (χ3v) is 2.41. The summed E-state index contributed by atoms with van der Waals surface area (Å²) in [4.78, 5) is 4.24. The third kappa shape index (κ3) is 1.42. The summed E-state index contributed by atoms with van der Waals surface area (Å²) in [6.45, 7) is 2.03. The molecule has 0 amide bonds. The molecule has 0 aliphatic carbocycles. The molecule has 0 radical (unpaired) electrons. The van der Waals surface area contributed by atoms with Gasteiger partial charge in [-0.25, -0.2) is 4.98 Å². The van der Waals surface area contributed by atoms with Crippen LogP contribution in [0.5, 0.6) is 0 Å². The average molecular weight is 239 g/mol. The SMILES string of the molecule is Cc1nc(CI)cs1. The molecule has 1 rings (SSSR count). The Morgan fingerprint density at radius 1 is 1.88 bits per heavy atom. The average Bonchev–Trinajstić information content (AvgIpc) is 2.14. The van der Waals surface area contributed by atoms with Crippen LogP contribution in [0.4, 0.5) is 0 Å². The van der Waals surface area contributed by atoms with E-state index in [4.69, 9.17) is 0 Å². The monoisotopic (exact) mass is 239 g/mol. The first kappa shape index (κ1) is 6.48. The fraction of sp³-hybridized carbons (Fsp3) is 0.400. The number of rotatable bonds is 1. The molecular weight excluding hydrogens is 233 g/mol. The summed E-state index contributed by atoms with van der Waals surface area (Å²) in [5, 5.41) is 3.26. The van der Waals surface area contributed by atoms with Crippen LogP contribution in [0, 0.1) is 6.92 Å². The summed E-state index contributed by atoms with van der Waals surface area (Å²) in [7, 11) is 0. The summed E-state index contributed by atoms with van der Waals surface area (Å²) >= 11 is 4.02. The van der Waals surface area contributed by atoms with Gasteiger partial charge in [0.05, 0.1) is 10.7 Å². The molecule has 0 atom stereocenters. The smallest absolute Gasteiger partial charge is 0.0897 e. The van der Waals surface area contributed by atoms with Gasteiger partial charge in [-0.1, -0.05) is 22.6 Å². The fourth-order valence-corrected chi connectivity index (χ4v) is 1.77. The number of aryl methyl sites for hydroxylation is 1. The van der Waals surface area contributed by atoms with Crippen LogP contribution in [0.1, 0.15) is 10.7 Å². The summed E-state index contributed by atoms with van der Waals surface area (Å²) in [5.74, 6) is 0. The lowest BCUT2D eigenvalue weighted by Crippen LogP contribution is -1.73. The molecule has 0 aliphatic heterocycles. The van der Waals surface area contributed by atoms with E-state index in [0.29, 0.717) is 0 Å². The predicted molar refractivity (Wildman–Crippen MR) is 44.6 cm³/mol. The Balaban J connectivity index is 2.84. The maximum Gasteiger partial charge on any atom is 0.0897 e. The van der Waals surface area contributed by atoms with E-state index in [9.17, 15) is 0 Å². The lowest BCUT2D eigenvalue weighted by Gasteiger charge is -1.78. The maximum absolute atomic E-state index is 4.24. The lowest BCUT2D eigenvalue weighted by molar-refractivity contribution is 1.19. The summed E-state index contributed by atoms with van der Waals surface area (Å²) in [6.07, 6.45) is 0. The number of aromatic nitrogens is 1. The zero-order chi connectivity index (χ0) is 5.98. The van der Waals surface area contributed by atoms with Crippen molar-refractivity contribution in [3.05, 3.63) is 16.1 Å². The molecule has 1 aromatic rings. The van der Waals surface area contributed by atoms with Gasteiger partial charge in [0.25, 0.3) is 0 Å². The van der Waals surface area contributed by atoms with Crippen molar-refractivity contribution in [1.29, 1.82) is 0 Å². The molecule has 44 valence electrons. The van der Waals surface area contributed by atoms with Gasteiger partial charge < -0.3 is 0 Å². The number of hydrogen-bond acceptors (Lipinski definition) is 2. The topological polar surface area (TPSA) is 12.9 Å². The first-order valence-electron chi connectivity index (χ1n) is 2.30. The third-order valence-electron chi connectivity index (χ3n) is 0.803. The Labute approximate surface area is 66.3 Å². The summed E-state index contributed by atoms with van der Waals surface area (Å²) in [5.41, 5.74) is 1.20. The van der Waals surface area contributed by atoms with Crippen LogP contribution < -0.4 is 0 Å². The molecule has 0 aromatic carbocycles. The second-order valence-corrected chi connectivity index (χ2v) is 3.32. The van der Waals surface area contributed by atoms with Crippen molar-refractivity contribution in [3.63, 3.8) is 0 Å². The van der Waals surface area contributed by atoms with Gasteiger partial charge in [0.15, 0.2) is 0 Å². The molecule has 0 saturated heterocycles. The zero-order valence-electron chi connectivity index (χ0n) is 4.52. The van der Waals surface area contributed by atoms with Gasteiger partial charge in [-0.05, 0) is 6.92 Å². The Hall–Kier alpha value is 0.360. The van der Waals surface area contributed by atoms with Gasteiger partial charge in [0, 0.05) is 9.81 Å². The second kappa shape index (κ2) is 2.77. The fourth-order valence-electron chi connectivity index (χ4n) is 0.470. The van der Waals surface area contributed by atoms with Gasteiger partial charge in [0.1, 0.15) is 0 Å². The van der Waals surface area contributed by atoms with E-state index in [1.807, 2.05) is 6.92 Å². The molecule has 0 unspecified atom stereocenters. The molecule has 0 spiro atoms. The van der Waals surface area contributed by atoms with Crippen molar-refractivity contribution in [1.82, 2.24) is 4.98 Å². The number of hydrogen-bond donors (Lipinski definition) is 0. The first-order valence-corrected chi connectivity index (χ1v) is 4.70. The minimum Gasteiger partial charge on any atom is -0.246 e. The van der Waals surface area contributed by atoms with E-state index in [0.717, 1.165) is 9.44 Å². The van der Waals surface area contributed by atoms with Crippen molar-refractivity contribution in [3.8, 4) is 0 Å². The molecule has 1 heterocycles. The molecule has 0 bridgehead atoms. The van der Waals surface area contributed by atoms with Crippen molar-refractivity contribution in [2.45, 2.75) is 11.4 Å². The molecular formula is C5H6INS. The zero-order valence-corrected chi connectivity index (χ0v) is 7.49. The highest BCUT2D eigenvalue weighted by atomic mass is 127. The van der Waals surface area contributed by atoms with Crippen LogP contribution in [0.15, 0.2) is 5.38 Å². The van der Waals surface area contributed by atoms with Gasteiger partial charge in [0.2, 0.25) is 0 Å². The number of alkyl halides is 1. The van der Waals surface area contributed by atoms with Crippen LogP contribution in [0.3, 0.4) is 0 Å². The summed E-state index contributed by atoms with van der Waals surface area (Å²) < 4.78 is 1.03. The van der Waals surface area contributed by atoms with Gasteiger partial charge >= 0.3 is 0 Å². The quantitative estimate of drug-likeness (QED) is 0.541. The van der Waals surface area contributed by atoms with E-state index in [2.05, 4.69) is 33.0 Å².